The van der Waals surface area contributed by atoms with Gasteiger partial charge in [-0.1, -0.05) is 12.1 Å². The molecule has 0 saturated heterocycles. The first-order chi connectivity index (χ1) is 11.2. The van der Waals surface area contributed by atoms with Crippen molar-refractivity contribution in [2.45, 2.75) is 0 Å². The Morgan fingerprint density at radius 3 is 2.04 bits per heavy atom. The third kappa shape index (κ3) is 3.23. The molecule has 0 unspecified atom stereocenters. The number of hydrogen-bond donors (Lipinski definition) is 1. The number of amides is 1. The van der Waals surface area contributed by atoms with E-state index in [9.17, 15) is 4.79 Å². The van der Waals surface area contributed by atoms with E-state index >= 15 is 0 Å². The number of benzene rings is 2. The van der Waals surface area contributed by atoms with E-state index in [1.54, 1.807) is 20.3 Å². The molecule has 0 saturated carbocycles. The number of methoxy groups -OCH3 is 2. The lowest BCUT2D eigenvalue weighted by molar-refractivity contribution is -0.115. The molecule has 23 heavy (non-hydrogen) atoms. The number of nitrogens with zero attached hydrogens (tertiary/aromatic N) is 1. The van der Waals surface area contributed by atoms with E-state index < -0.39 is 0 Å². The molecule has 0 radical (unpaired) electrons. The van der Waals surface area contributed by atoms with Gasteiger partial charge in [-0.25, -0.2) is 4.99 Å². The third-order valence-electron chi connectivity index (χ3n) is 3.48. The molecular formula is C18H16N2O3. The van der Waals surface area contributed by atoms with Crippen LogP contribution in [0.5, 0.6) is 11.5 Å². The van der Waals surface area contributed by atoms with Gasteiger partial charge in [0.1, 0.15) is 23.0 Å². The zero-order valence-corrected chi connectivity index (χ0v) is 12.9. The van der Waals surface area contributed by atoms with Crippen molar-refractivity contribution in [3.63, 3.8) is 0 Å². The molecule has 0 aliphatic carbocycles. The fourth-order valence-corrected chi connectivity index (χ4v) is 2.21. The summed E-state index contributed by atoms with van der Waals surface area (Å²) in [4.78, 5) is 16.4. The Morgan fingerprint density at radius 1 is 0.913 bits per heavy atom. The van der Waals surface area contributed by atoms with Crippen LogP contribution in [0.4, 0.5) is 0 Å². The fourth-order valence-electron chi connectivity index (χ4n) is 2.21. The van der Waals surface area contributed by atoms with E-state index in [4.69, 9.17) is 9.47 Å². The molecule has 2 aromatic carbocycles. The first-order valence-electron chi connectivity index (χ1n) is 7.10. The van der Waals surface area contributed by atoms with Crippen LogP contribution < -0.4 is 14.8 Å². The highest BCUT2D eigenvalue weighted by atomic mass is 16.5. The molecule has 1 heterocycles. The number of carbonyl (C=O) groups is 1. The van der Waals surface area contributed by atoms with Gasteiger partial charge in [-0.2, -0.15) is 0 Å². The molecule has 116 valence electrons. The van der Waals surface area contributed by atoms with Gasteiger partial charge >= 0.3 is 0 Å². The average Bonchev–Trinajstić information content (AvgIpc) is 2.96. The number of amidine groups is 1. The number of carbonyl (C=O) groups excluding carboxylic acids is 1. The van der Waals surface area contributed by atoms with Crippen molar-refractivity contribution in [2.75, 3.05) is 14.2 Å². The summed E-state index contributed by atoms with van der Waals surface area (Å²) in [7, 11) is 3.23. The second-order valence-corrected chi connectivity index (χ2v) is 4.95. The molecule has 5 nitrogen and oxygen atoms in total. The van der Waals surface area contributed by atoms with Gasteiger partial charge in [0.2, 0.25) is 0 Å². The molecule has 3 rings (SSSR count). The van der Waals surface area contributed by atoms with Crippen LogP contribution in [-0.2, 0) is 4.79 Å². The largest absolute Gasteiger partial charge is 0.497 e. The average molecular weight is 308 g/mol. The van der Waals surface area contributed by atoms with Crippen LogP contribution >= 0.6 is 0 Å². The zero-order valence-electron chi connectivity index (χ0n) is 12.9. The van der Waals surface area contributed by atoms with Crippen LogP contribution in [0.2, 0.25) is 0 Å². The Kier molecular flexibility index (Phi) is 4.10. The van der Waals surface area contributed by atoms with Crippen LogP contribution in [0.15, 0.2) is 59.2 Å². The maximum absolute atomic E-state index is 12.1. The van der Waals surface area contributed by atoms with Gasteiger partial charge in [0.05, 0.1) is 14.2 Å². The lowest BCUT2D eigenvalue weighted by atomic mass is 10.2. The maximum Gasteiger partial charge on any atom is 0.275 e. The summed E-state index contributed by atoms with van der Waals surface area (Å²) in [5.41, 5.74) is 2.09. The highest BCUT2D eigenvalue weighted by Gasteiger charge is 2.21. The van der Waals surface area contributed by atoms with E-state index in [0.29, 0.717) is 11.5 Å². The third-order valence-corrected chi connectivity index (χ3v) is 3.48. The van der Waals surface area contributed by atoms with Crippen molar-refractivity contribution in [1.82, 2.24) is 5.32 Å². The maximum atomic E-state index is 12.1. The summed E-state index contributed by atoms with van der Waals surface area (Å²) in [6.45, 7) is 0. The van der Waals surface area contributed by atoms with Crippen molar-refractivity contribution in [3.05, 3.63) is 65.4 Å². The summed E-state index contributed by atoms with van der Waals surface area (Å²) in [6.07, 6.45) is 1.74. The smallest absolute Gasteiger partial charge is 0.275 e. The van der Waals surface area contributed by atoms with Crippen LogP contribution in [0, 0.1) is 0 Å². The number of rotatable bonds is 4. The van der Waals surface area contributed by atoms with Crippen molar-refractivity contribution in [2.24, 2.45) is 4.99 Å². The topological polar surface area (TPSA) is 59.9 Å². The molecule has 1 N–H and O–H groups in total. The molecule has 0 bridgehead atoms. The molecular weight excluding hydrogens is 292 g/mol. The molecule has 0 fully saturated rings. The molecule has 0 spiro atoms. The first kappa shape index (κ1) is 14.8. The Hall–Kier alpha value is -3.08. The molecule has 2 aromatic rings. The van der Waals surface area contributed by atoms with Crippen LogP contribution in [0.25, 0.3) is 6.08 Å². The van der Waals surface area contributed by atoms with E-state index in [1.807, 2.05) is 48.5 Å². The minimum Gasteiger partial charge on any atom is -0.497 e. The summed E-state index contributed by atoms with van der Waals surface area (Å²) >= 11 is 0. The lowest BCUT2D eigenvalue weighted by Gasteiger charge is -2.02. The molecule has 0 atom stereocenters. The Balaban J connectivity index is 1.86. The lowest BCUT2D eigenvalue weighted by Crippen LogP contribution is -2.24. The second-order valence-electron chi connectivity index (χ2n) is 4.95. The summed E-state index contributed by atoms with van der Waals surface area (Å²) in [6, 6.07) is 14.8. The van der Waals surface area contributed by atoms with Crippen molar-refractivity contribution < 1.29 is 14.3 Å². The number of nitrogens with one attached hydrogen (secondary N) is 1. The van der Waals surface area contributed by atoms with Crippen molar-refractivity contribution in [3.8, 4) is 11.5 Å². The summed E-state index contributed by atoms with van der Waals surface area (Å²) in [5, 5.41) is 2.78. The first-order valence-corrected chi connectivity index (χ1v) is 7.10. The zero-order chi connectivity index (χ0) is 16.2. The quantitative estimate of drug-likeness (QED) is 0.883. The molecule has 1 amide bonds. The normalized spacial score (nSPS) is 15.3. The number of hydrogen-bond acceptors (Lipinski definition) is 4. The van der Waals surface area contributed by atoms with Crippen molar-refractivity contribution >= 4 is 17.8 Å². The van der Waals surface area contributed by atoms with E-state index in [0.717, 1.165) is 22.6 Å². The van der Waals surface area contributed by atoms with Gasteiger partial charge in [-0.15, -0.1) is 0 Å². The predicted octanol–water partition coefficient (Wildman–Crippen LogP) is 2.62. The summed E-state index contributed by atoms with van der Waals surface area (Å²) in [5.74, 6) is 1.85. The second kappa shape index (κ2) is 6.36. The Morgan fingerprint density at radius 2 is 1.48 bits per heavy atom. The molecule has 1 aliphatic heterocycles. The Labute approximate surface area is 134 Å². The van der Waals surface area contributed by atoms with Gasteiger partial charge in [-0.3, -0.25) is 4.79 Å². The van der Waals surface area contributed by atoms with Crippen LogP contribution in [-0.4, -0.2) is 26.0 Å². The monoisotopic (exact) mass is 308 g/mol. The standard InChI is InChI=1S/C18H16N2O3/c1-22-14-7-3-12(4-8-14)11-16-18(21)20-17(19-16)13-5-9-15(23-2)10-6-13/h3-11H,1-2H3,(H,19,20,21)/b16-11+. The van der Waals surface area contributed by atoms with Gasteiger partial charge in [0, 0.05) is 5.56 Å². The predicted molar refractivity (Wildman–Crippen MR) is 88.6 cm³/mol. The fraction of sp³-hybridized carbons (Fsp3) is 0.111. The minimum atomic E-state index is -0.216. The van der Waals surface area contributed by atoms with Crippen LogP contribution in [0.1, 0.15) is 11.1 Å². The van der Waals surface area contributed by atoms with E-state index in [-0.39, 0.29) is 5.91 Å². The summed E-state index contributed by atoms with van der Waals surface area (Å²) < 4.78 is 10.2. The number of aliphatic imine (C=N–C) groups is 1. The van der Waals surface area contributed by atoms with E-state index in [1.165, 1.54) is 0 Å². The molecule has 0 aromatic heterocycles. The van der Waals surface area contributed by atoms with Gasteiger partial charge < -0.3 is 14.8 Å². The van der Waals surface area contributed by atoms with E-state index in [2.05, 4.69) is 10.3 Å². The van der Waals surface area contributed by atoms with Crippen molar-refractivity contribution in [1.29, 1.82) is 0 Å². The van der Waals surface area contributed by atoms with Crippen LogP contribution in [0.3, 0.4) is 0 Å². The van der Waals surface area contributed by atoms with Gasteiger partial charge in [0.25, 0.3) is 5.91 Å². The van der Waals surface area contributed by atoms with Gasteiger partial charge in [0.15, 0.2) is 0 Å². The van der Waals surface area contributed by atoms with Gasteiger partial charge in [-0.05, 0) is 48.0 Å². The number of ether oxygens (including phenoxy) is 2. The Bertz CT molecular complexity index is 775. The molecule has 5 heteroatoms. The highest BCUT2D eigenvalue weighted by molar-refractivity contribution is 6.19. The highest BCUT2D eigenvalue weighted by Crippen LogP contribution is 2.19. The molecule has 1 aliphatic rings. The minimum absolute atomic E-state index is 0.216. The SMILES string of the molecule is COc1ccc(/C=C2/N=C(c3ccc(OC)cc3)NC2=O)cc1.